The van der Waals surface area contributed by atoms with Crippen LogP contribution in [0.5, 0.6) is 0 Å². The number of benzene rings is 1. The molecule has 1 heterocycles. The summed E-state index contributed by atoms with van der Waals surface area (Å²) < 4.78 is 6.33. The fourth-order valence-corrected chi connectivity index (χ4v) is 2.56. The monoisotopic (exact) mass is 346 g/mol. The summed E-state index contributed by atoms with van der Waals surface area (Å²) in [4.78, 5) is 14.3. The Labute approximate surface area is 126 Å². The summed E-state index contributed by atoms with van der Waals surface area (Å²) in [6, 6.07) is 5.15. The van der Waals surface area contributed by atoms with E-state index in [4.69, 9.17) is 16.3 Å². The summed E-state index contributed by atoms with van der Waals surface area (Å²) >= 11 is 9.24. The molecule has 1 atom stereocenters. The van der Waals surface area contributed by atoms with Crippen molar-refractivity contribution in [1.29, 1.82) is 0 Å². The van der Waals surface area contributed by atoms with Gasteiger partial charge in [-0.25, -0.2) is 0 Å². The standard InChI is InChI=1S/C13H16BrClN2O2/c1-17-4-5-19-10(8-17)7-16-13(18)11-6-9(15)2-3-12(11)14/h2-3,6,10H,4-5,7-8H2,1H3,(H,16,18). The summed E-state index contributed by atoms with van der Waals surface area (Å²) in [5, 5.41) is 3.42. The Kier molecular flexibility index (Phi) is 5.21. The molecule has 1 fully saturated rings. The molecule has 104 valence electrons. The van der Waals surface area contributed by atoms with Crippen LogP contribution in [0, 0.1) is 0 Å². The number of carbonyl (C=O) groups excluding carboxylic acids is 1. The van der Waals surface area contributed by atoms with E-state index in [0.29, 0.717) is 23.7 Å². The molecule has 1 unspecified atom stereocenters. The van der Waals surface area contributed by atoms with Crippen molar-refractivity contribution < 1.29 is 9.53 Å². The SMILES string of the molecule is CN1CCOC(CNC(=O)c2cc(Cl)ccc2Br)C1. The van der Waals surface area contributed by atoms with Gasteiger partial charge in [0.2, 0.25) is 0 Å². The Morgan fingerprint density at radius 2 is 2.42 bits per heavy atom. The first kappa shape index (κ1) is 14.8. The van der Waals surface area contributed by atoms with E-state index in [9.17, 15) is 4.79 Å². The van der Waals surface area contributed by atoms with E-state index in [1.807, 2.05) is 7.05 Å². The Bertz CT molecular complexity index is 470. The summed E-state index contributed by atoms with van der Waals surface area (Å²) in [6.07, 6.45) is 0.0423. The second kappa shape index (κ2) is 6.70. The van der Waals surface area contributed by atoms with E-state index in [1.165, 1.54) is 0 Å². The zero-order valence-corrected chi connectivity index (χ0v) is 13.0. The third-order valence-electron chi connectivity index (χ3n) is 3.01. The number of hydrogen-bond acceptors (Lipinski definition) is 3. The molecule has 2 rings (SSSR count). The highest BCUT2D eigenvalue weighted by Crippen LogP contribution is 2.21. The lowest BCUT2D eigenvalue weighted by molar-refractivity contribution is -0.0175. The van der Waals surface area contributed by atoms with Crippen LogP contribution in [0.1, 0.15) is 10.4 Å². The number of amides is 1. The van der Waals surface area contributed by atoms with Crippen LogP contribution in [-0.4, -0.2) is 50.2 Å². The van der Waals surface area contributed by atoms with Crippen molar-refractivity contribution in [2.45, 2.75) is 6.10 Å². The molecule has 1 aliphatic rings. The van der Waals surface area contributed by atoms with Crippen LogP contribution in [-0.2, 0) is 4.74 Å². The van der Waals surface area contributed by atoms with Gasteiger partial charge in [0.15, 0.2) is 0 Å². The van der Waals surface area contributed by atoms with Crippen LogP contribution in [0.2, 0.25) is 5.02 Å². The molecular formula is C13H16BrClN2O2. The predicted molar refractivity (Wildman–Crippen MR) is 78.7 cm³/mol. The number of carbonyl (C=O) groups is 1. The van der Waals surface area contributed by atoms with Crippen molar-refractivity contribution in [2.75, 3.05) is 33.3 Å². The maximum Gasteiger partial charge on any atom is 0.252 e. The lowest BCUT2D eigenvalue weighted by atomic mass is 10.2. The van der Waals surface area contributed by atoms with Gasteiger partial charge < -0.3 is 15.0 Å². The molecule has 0 saturated carbocycles. The van der Waals surface area contributed by atoms with E-state index in [-0.39, 0.29) is 12.0 Å². The van der Waals surface area contributed by atoms with Gasteiger partial charge in [-0.15, -0.1) is 0 Å². The van der Waals surface area contributed by atoms with Gasteiger partial charge in [-0.3, -0.25) is 4.79 Å². The van der Waals surface area contributed by atoms with Gasteiger partial charge in [0, 0.05) is 29.1 Å². The molecule has 1 amide bonds. The van der Waals surface area contributed by atoms with Crippen molar-refractivity contribution in [3.8, 4) is 0 Å². The van der Waals surface area contributed by atoms with E-state index in [2.05, 4.69) is 26.1 Å². The van der Waals surface area contributed by atoms with Crippen molar-refractivity contribution in [2.24, 2.45) is 0 Å². The smallest absolute Gasteiger partial charge is 0.252 e. The van der Waals surface area contributed by atoms with Gasteiger partial charge in [0.25, 0.3) is 5.91 Å². The number of morpholine rings is 1. The molecule has 4 nitrogen and oxygen atoms in total. The van der Waals surface area contributed by atoms with Crippen LogP contribution in [0.25, 0.3) is 0 Å². The highest BCUT2D eigenvalue weighted by molar-refractivity contribution is 9.10. The fraction of sp³-hybridized carbons (Fsp3) is 0.462. The Morgan fingerprint density at radius 1 is 1.63 bits per heavy atom. The summed E-state index contributed by atoms with van der Waals surface area (Å²) in [5.41, 5.74) is 0.539. The van der Waals surface area contributed by atoms with Crippen LogP contribution >= 0.6 is 27.5 Å². The Morgan fingerprint density at radius 3 is 3.16 bits per heavy atom. The largest absolute Gasteiger partial charge is 0.374 e. The zero-order valence-electron chi connectivity index (χ0n) is 10.7. The predicted octanol–water partition coefficient (Wildman–Crippen LogP) is 2.16. The molecule has 0 aliphatic carbocycles. The van der Waals surface area contributed by atoms with E-state index < -0.39 is 0 Å². The van der Waals surface area contributed by atoms with Gasteiger partial charge in [-0.2, -0.15) is 0 Å². The Balaban J connectivity index is 1.92. The molecule has 1 N–H and O–H groups in total. The minimum Gasteiger partial charge on any atom is -0.374 e. The fourth-order valence-electron chi connectivity index (χ4n) is 1.96. The highest BCUT2D eigenvalue weighted by Gasteiger charge is 2.19. The van der Waals surface area contributed by atoms with Gasteiger partial charge in [-0.05, 0) is 41.2 Å². The van der Waals surface area contributed by atoms with Gasteiger partial charge in [-0.1, -0.05) is 11.6 Å². The maximum atomic E-state index is 12.1. The number of likely N-dealkylation sites (N-methyl/N-ethyl adjacent to an activating group) is 1. The molecule has 0 aromatic heterocycles. The number of rotatable bonds is 3. The molecule has 6 heteroatoms. The van der Waals surface area contributed by atoms with Crippen molar-refractivity contribution in [1.82, 2.24) is 10.2 Å². The van der Waals surface area contributed by atoms with Crippen LogP contribution in [0.4, 0.5) is 0 Å². The van der Waals surface area contributed by atoms with Crippen molar-refractivity contribution in [3.63, 3.8) is 0 Å². The minimum absolute atomic E-state index is 0.0423. The van der Waals surface area contributed by atoms with Crippen LogP contribution in [0.15, 0.2) is 22.7 Å². The molecule has 0 spiro atoms. The molecule has 1 aromatic rings. The summed E-state index contributed by atoms with van der Waals surface area (Å²) in [7, 11) is 2.05. The first-order valence-electron chi connectivity index (χ1n) is 6.09. The molecule has 0 bridgehead atoms. The van der Waals surface area contributed by atoms with E-state index in [1.54, 1.807) is 18.2 Å². The minimum atomic E-state index is -0.147. The summed E-state index contributed by atoms with van der Waals surface area (Å²) in [5.74, 6) is -0.147. The van der Waals surface area contributed by atoms with Crippen molar-refractivity contribution in [3.05, 3.63) is 33.3 Å². The zero-order chi connectivity index (χ0) is 13.8. The number of nitrogens with one attached hydrogen (secondary N) is 1. The quantitative estimate of drug-likeness (QED) is 0.911. The topological polar surface area (TPSA) is 41.6 Å². The van der Waals surface area contributed by atoms with Crippen LogP contribution in [0.3, 0.4) is 0 Å². The number of nitrogens with zero attached hydrogens (tertiary/aromatic N) is 1. The lowest BCUT2D eigenvalue weighted by Crippen LogP contribution is -2.45. The second-order valence-electron chi connectivity index (χ2n) is 4.59. The number of halogens is 2. The van der Waals surface area contributed by atoms with Gasteiger partial charge in [0.05, 0.1) is 18.3 Å². The molecular weight excluding hydrogens is 332 g/mol. The van der Waals surface area contributed by atoms with Crippen molar-refractivity contribution >= 4 is 33.4 Å². The highest BCUT2D eigenvalue weighted by atomic mass is 79.9. The molecule has 1 saturated heterocycles. The van der Waals surface area contributed by atoms with Gasteiger partial charge >= 0.3 is 0 Å². The van der Waals surface area contributed by atoms with Gasteiger partial charge in [0.1, 0.15) is 0 Å². The lowest BCUT2D eigenvalue weighted by Gasteiger charge is -2.30. The maximum absolute atomic E-state index is 12.1. The van der Waals surface area contributed by atoms with E-state index >= 15 is 0 Å². The number of ether oxygens (including phenoxy) is 1. The molecule has 0 radical (unpaired) electrons. The average molecular weight is 348 g/mol. The third-order valence-corrected chi connectivity index (χ3v) is 3.93. The molecule has 1 aliphatic heterocycles. The third kappa shape index (κ3) is 4.18. The normalized spacial score (nSPS) is 20.3. The first-order chi connectivity index (χ1) is 9.06. The first-order valence-corrected chi connectivity index (χ1v) is 7.27. The molecule has 19 heavy (non-hydrogen) atoms. The number of hydrogen-bond donors (Lipinski definition) is 1. The summed E-state index contributed by atoms with van der Waals surface area (Å²) in [6.45, 7) is 2.97. The van der Waals surface area contributed by atoms with E-state index in [0.717, 1.165) is 17.6 Å². The Hall–Kier alpha value is -0.620. The second-order valence-corrected chi connectivity index (χ2v) is 5.88. The average Bonchev–Trinajstić information content (AvgIpc) is 2.39. The van der Waals surface area contributed by atoms with Crippen LogP contribution < -0.4 is 5.32 Å². The molecule has 1 aromatic carbocycles.